The van der Waals surface area contributed by atoms with Crippen LogP contribution in [0.4, 0.5) is 11.4 Å². The van der Waals surface area contributed by atoms with Crippen LogP contribution in [0, 0.1) is 5.92 Å². The Morgan fingerprint density at radius 2 is 2.12 bits per heavy atom. The lowest BCUT2D eigenvalue weighted by Crippen LogP contribution is -2.28. The topological polar surface area (TPSA) is 66.6 Å². The van der Waals surface area contributed by atoms with Crippen LogP contribution in [0.5, 0.6) is 0 Å². The van der Waals surface area contributed by atoms with Gasteiger partial charge in [-0.3, -0.25) is 0 Å². The van der Waals surface area contributed by atoms with Gasteiger partial charge in [0.15, 0.2) is 0 Å². The second kappa shape index (κ2) is 5.57. The second-order valence-electron chi connectivity index (χ2n) is 4.51. The predicted octanol–water partition coefficient (Wildman–Crippen LogP) is 2.45. The molecule has 94 valence electrons. The van der Waals surface area contributed by atoms with Gasteiger partial charge in [0.2, 0.25) is 0 Å². The van der Waals surface area contributed by atoms with Gasteiger partial charge >= 0.3 is 5.97 Å². The van der Waals surface area contributed by atoms with Crippen LogP contribution in [0.2, 0.25) is 0 Å². The van der Waals surface area contributed by atoms with E-state index in [2.05, 4.69) is 13.8 Å². The number of carbonyl (C=O) groups is 1. The molecule has 0 aliphatic carbocycles. The summed E-state index contributed by atoms with van der Waals surface area (Å²) in [4.78, 5) is 13.2. The molecular weight excluding hydrogens is 216 g/mol. The maximum absolute atomic E-state index is 11.2. The molecule has 17 heavy (non-hydrogen) atoms. The average molecular weight is 236 g/mol. The van der Waals surface area contributed by atoms with Crippen molar-refractivity contribution in [3.05, 3.63) is 23.8 Å². The van der Waals surface area contributed by atoms with Gasteiger partial charge in [-0.1, -0.05) is 13.8 Å². The van der Waals surface area contributed by atoms with Crippen molar-refractivity contribution in [1.29, 1.82) is 0 Å². The molecule has 0 heterocycles. The highest BCUT2D eigenvalue weighted by molar-refractivity contribution is 5.95. The molecular formula is C13H20N2O2. The van der Waals surface area contributed by atoms with E-state index in [0.29, 0.717) is 22.9 Å². The van der Waals surface area contributed by atoms with Gasteiger partial charge < -0.3 is 15.7 Å². The minimum atomic E-state index is -0.915. The lowest BCUT2D eigenvalue weighted by molar-refractivity contribution is 0.0697. The Hall–Kier alpha value is -1.71. The standard InChI is InChI=1S/C13H20N2O2/c1-4-15(8-9(2)3)12-7-10(14)5-6-11(12)13(16)17/h5-7,9H,4,8,14H2,1-3H3,(H,16,17). The fraction of sp³-hybridized carbons (Fsp3) is 0.462. The molecule has 4 nitrogen and oxygen atoms in total. The van der Waals surface area contributed by atoms with Gasteiger partial charge in [-0.15, -0.1) is 0 Å². The molecule has 0 spiro atoms. The number of benzene rings is 1. The molecule has 0 saturated heterocycles. The summed E-state index contributed by atoms with van der Waals surface area (Å²) in [7, 11) is 0. The number of carboxylic acid groups (broad SMARTS) is 1. The lowest BCUT2D eigenvalue weighted by Gasteiger charge is -2.26. The zero-order chi connectivity index (χ0) is 13.0. The predicted molar refractivity (Wildman–Crippen MR) is 70.5 cm³/mol. The number of carboxylic acids is 1. The Kier molecular flexibility index (Phi) is 4.37. The van der Waals surface area contributed by atoms with Crippen molar-refractivity contribution < 1.29 is 9.90 Å². The van der Waals surface area contributed by atoms with Crippen molar-refractivity contribution in [2.24, 2.45) is 5.92 Å². The number of nitrogen functional groups attached to an aromatic ring is 1. The van der Waals surface area contributed by atoms with E-state index < -0.39 is 5.97 Å². The summed E-state index contributed by atoms with van der Waals surface area (Å²) in [6, 6.07) is 4.92. The molecule has 0 unspecified atom stereocenters. The summed E-state index contributed by atoms with van der Waals surface area (Å²) in [5.74, 6) is -0.444. The number of nitrogens with two attached hydrogens (primary N) is 1. The normalized spacial score (nSPS) is 10.6. The third-order valence-electron chi connectivity index (χ3n) is 2.56. The van der Waals surface area contributed by atoms with Gasteiger partial charge in [0, 0.05) is 18.8 Å². The van der Waals surface area contributed by atoms with Crippen LogP contribution in [-0.4, -0.2) is 24.2 Å². The maximum atomic E-state index is 11.2. The van der Waals surface area contributed by atoms with Crippen LogP contribution in [0.15, 0.2) is 18.2 Å². The smallest absolute Gasteiger partial charge is 0.337 e. The number of aromatic carboxylic acids is 1. The average Bonchev–Trinajstić information content (AvgIpc) is 2.25. The first-order valence-electron chi connectivity index (χ1n) is 5.83. The summed E-state index contributed by atoms with van der Waals surface area (Å²) in [5, 5.41) is 9.17. The summed E-state index contributed by atoms with van der Waals surface area (Å²) in [5.41, 5.74) is 7.33. The van der Waals surface area contributed by atoms with Crippen LogP contribution in [0.1, 0.15) is 31.1 Å². The Morgan fingerprint density at radius 1 is 1.47 bits per heavy atom. The van der Waals surface area contributed by atoms with E-state index >= 15 is 0 Å². The number of hydrogen-bond donors (Lipinski definition) is 2. The summed E-state index contributed by atoms with van der Waals surface area (Å²) < 4.78 is 0. The SMILES string of the molecule is CCN(CC(C)C)c1cc(N)ccc1C(=O)O. The molecule has 0 fully saturated rings. The van der Waals surface area contributed by atoms with Crippen molar-refractivity contribution in [2.45, 2.75) is 20.8 Å². The van der Waals surface area contributed by atoms with Crippen LogP contribution in [0.25, 0.3) is 0 Å². The molecule has 0 aliphatic rings. The number of rotatable bonds is 5. The van der Waals surface area contributed by atoms with E-state index in [1.165, 1.54) is 0 Å². The Morgan fingerprint density at radius 3 is 2.59 bits per heavy atom. The van der Waals surface area contributed by atoms with Crippen molar-refractivity contribution in [3.63, 3.8) is 0 Å². The molecule has 0 aliphatic heterocycles. The van der Waals surface area contributed by atoms with Crippen molar-refractivity contribution in [1.82, 2.24) is 0 Å². The lowest BCUT2D eigenvalue weighted by atomic mass is 10.1. The quantitative estimate of drug-likeness (QED) is 0.771. The third-order valence-corrected chi connectivity index (χ3v) is 2.56. The van der Waals surface area contributed by atoms with Gasteiger partial charge in [0.1, 0.15) is 0 Å². The first kappa shape index (κ1) is 13.4. The molecule has 0 atom stereocenters. The van der Waals surface area contributed by atoms with Gasteiger partial charge in [-0.2, -0.15) is 0 Å². The Bertz CT molecular complexity index is 402. The highest BCUT2D eigenvalue weighted by atomic mass is 16.4. The minimum Gasteiger partial charge on any atom is -0.478 e. The van der Waals surface area contributed by atoms with E-state index in [0.717, 1.165) is 13.1 Å². The minimum absolute atomic E-state index is 0.307. The summed E-state index contributed by atoms with van der Waals surface area (Å²) in [6.07, 6.45) is 0. The highest BCUT2D eigenvalue weighted by Crippen LogP contribution is 2.24. The van der Waals surface area contributed by atoms with Gasteiger partial charge in [0.05, 0.1) is 11.3 Å². The van der Waals surface area contributed by atoms with E-state index in [1.807, 2.05) is 11.8 Å². The first-order chi connectivity index (χ1) is 7.95. The third kappa shape index (κ3) is 3.37. The van der Waals surface area contributed by atoms with E-state index in [4.69, 9.17) is 10.8 Å². The summed E-state index contributed by atoms with van der Waals surface area (Å²) >= 11 is 0. The molecule has 0 saturated carbocycles. The molecule has 3 N–H and O–H groups in total. The summed E-state index contributed by atoms with van der Waals surface area (Å²) in [6.45, 7) is 7.81. The van der Waals surface area contributed by atoms with Gasteiger partial charge in [-0.25, -0.2) is 4.79 Å². The largest absolute Gasteiger partial charge is 0.478 e. The van der Waals surface area contributed by atoms with Gasteiger partial charge in [-0.05, 0) is 31.0 Å². The molecule has 1 aromatic carbocycles. The fourth-order valence-electron chi connectivity index (χ4n) is 1.83. The fourth-order valence-corrected chi connectivity index (χ4v) is 1.83. The molecule has 1 rings (SSSR count). The van der Waals surface area contributed by atoms with Crippen molar-refractivity contribution in [3.8, 4) is 0 Å². The Labute approximate surface area is 102 Å². The highest BCUT2D eigenvalue weighted by Gasteiger charge is 2.16. The number of anilines is 2. The molecule has 4 heteroatoms. The van der Waals surface area contributed by atoms with Crippen LogP contribution in [0.3, 0.4) is 0 Å². The Balaban J connectivity index is 3.15. The molecule has 0 radical (unpaired) electrons. The van der Waals surface area contributed by atoms with Crippen molar-refractivity contribution in [2.75, 3.05) is 23.7 Å². The zero-order valence-corrected chi connectivity index (χ0v) is 10.6. The van der Waals surface area contributed by atoms with E-state index in [-0.39, 0.29) is 0 Å². The maximum Gasteiger partial charge on any atom is 0.337 e. The first-order valence-corrected chi connectivity index (χ1v) is 5.83. The zero-order valence-electron chi connectivity index (χ0n) is 10.6. The van der Waals surface area contributed by atoms with Crippen LogP contribution < -0.4 is 10.6 Å². The van der Waals surface area contributed by atoms with Crippen LogP contribution in [-0.2, 0) is 0 Å². The van der Waals surface area contributed by atoms with E-state index in [9.17, 15) is 4.79 Å². The molecule has 1 aromatic rings. The van der Waals surface area contributed by atoms with E-state index in [1.54, 1.807) is 18.2 Å². The second-order valence-corrected chi connectivity index (χ2v) is 4.51. The molecule has 0 amide bonds. The van der Waals surface area contributed by atoms with Gasteiger partial charge in [0.25, 0.3) is 0 Å². The monoisotopic (exact) mass is 236 g/mol. The number of hydrogen-bond acceptors (Lipinski definition) is 3. The molecule has 0 bridgehead atoms. The number of nitrogens with zero attached hydrogens (tertiary/aromatic N) is 1. The molecule has 0 aromatic heterocycles. The van der Waals surface area contributed by atoms with Crippen LogP contribution >= 0.6 is 0 Å². The van der Waals surface area contributed by atoms with Crippen molar-refractivity contribution >= 4 is 17.3 Å².